The Labute approximate surface area is 122 Å². The number of amides is 1. The molecular weight excluding hydrogens is 250 g/mol. The number of hydrogen-bond donors (Lipinski definition) is 2. The molecule has 2 N–H and O–H groups in total. The van der Waals surface area contributed by atoms with Crippen LogP contribution in [0.25, 0.3) is 0 Å². The summed E-state index contributed by atoms with van der Waals surface area (Å²) in [5.74, 6) is 0.0501. The van der Waals surface area contributed by atoms with E-state index in [4.69, 9.17) is 0 Å². The topological polar surface area (TPSA) is 54.0 Å². The van der Waals surface area contributed by atoms with Crippen molar-refractivity contribution in [1.82, 2.24) is 15.6 Å². The molecule has 4 heteroatoms. The van der Waals surface area contributed by atoms with Gasteiger partial charge in [-0.1, -0.05) is 6.92 Å². The summed E-state index contributed by atoms with van der Waals surface area (Å²) in [5.41, 5.74) is 4.47. The number of aromatic nitrogens is 1. The summed E-state index contributed by atoms with van der Waals surface area (Å²) in [5, 5.41) is 6.26. The number of hydrogen-bond acceptors (Lipinski definition) is 3. The number of nitrogens with one attached hydrogen (secondary N) is 2. The van der Waals surface area contributed by atoms with Gasteiger partial charge in [0.05, 0.1) is 6.04 Å². The first-order valence-electron chi connectivity index (χ1n) is 7.35. The maximum atomic E-state index is 11.9. The number of nitrogens with zero attached hydrogens (tertiary/aromatic N) is 1. The SMILES string of the molecule is CCCNC(=O)C(C)NC(C)c1c(C)cc(C)nc1C. The smallest absolute Gasteiger partial charge is 0.236 e. The molecule has 0 saturated carbocycles. The molecule has 0 radical (unpaired) electrons. The van der Waals surface area contributed by atoms with Gasteiger partial charge in [-0.05, 0) is 58.2 Å². The summed E-state index contributed by atoms with van der Waals surface area (Å²) in [6.07, 6.45) is 0.952. The Bertz CT molecular complexity index is 448. The fraction of sp³-hybridized carbons (Fsp3) is 0.625. The summed E-state index contributed by atoms with van der Waals surface area (Å²) in [6, 6.07) is 1.98. The van der Waals surface area contributed by atoms with Gasteiger partial charge in [-0.15, -0.1) is 0 Å². The summed E-state index contributed by atoms with van der Waals surface area (Å²) >= 11 is 0. The van der Waals surface area contributed by atoms with Gasteiger partial charge >= 0.3 is 0 Å². The van der Waals surface area contributed by atoms with E-state index in [0.717, 1.165) is 24.4 Å². The highest BCUT2D eigenvalue weighted by molar-refractivity contribution is 5.81. The lowest BCUT2D eigenvalue weighted by molar-refractivity contribution is -0.122. The molecule has 1 amide bonds. The highest BCUT2D eigenvalue weighted by Gasteiger charge is 2.18. The molecule has 0 fully saturated rings. The van der Waals surface area contributed by atoms with Crippen LogP contribution in [0.1, 0.15) is 55.7 Å². The molecule has 2 unspecified atom stereocenters. The van der Waals surface area contributed by atoms with Gasteiger partial charge in [0, 0.05) is 24.0 Å². The number of carbonyl (C=O) groups excluding carboxylic acids is 1. The van der Waals surface area contributed by atoms with Gasteiger partial charge in [-0.3, -0.25) is 15.1 Å². The zero-order chi connectivity index (χ0) is 15.3. The Morgan fingerprint density at radius 2 is 1.95 bits per heavy atom. The molecule has 0 saturated heterocycles. The van der Waals surface area contributed by atoms with E-state index in [2.05, 4.69) is 35.5 Å². The van der Waals surface area contributed by atoms with Gasteiger partial charge in [0.2, 0.25) is 5.91 Å². The average Bonchev–Trinajstić information content (AvgIpc) is 2.34. The van der Waals surface area contributed by atoms with Crippen molar-refractivity contribution in [2.24, 2.45) is 0 Å². The van der Waals surface area contributed by atoms with Crippen molar-refractivity contribution in [3.63, 3.8) is 0 Å². The fourth-order valence-electron chi connectivity index (χ4n) is 2.62. The minimum absolute atomic E-state index is 0.0501. The predicted molar refractivity (Wildman–Crippen MR) is 82.8 cm³/mol. The first-order valence-corrected chi connectivity index (χ1v) is 7.35. The van der Waals surface area contributed by atoms with Gasteiger partial charge in [0.15, 0.2) is 0 Å². The van der Waals surface area contributed by atoms with Crippen LogP contribution in [0.5, 0.6) is 0 Å². The molecule has 0 aliphatic heterocycles. The van der Waals surface area contributed by atoms with Crippen molar-refractivity contribution in [1.29, 1.82) is 0 Å². The minimum atomic E-state index is -0.211. The van der Waals surface area contributed by atoms with Crippen molar-refractivity contribution in [2.45, 2.75) is 60.0 Å². The zero-order valence-corrected chi connectivity index (χ0v) is 13.5. The van der Waals surface area contributed by atoms with Crippen LogP contribution in [0.15, 0.2) is 6.07 Å². The van der Waals surface area contributed by atoms with Crippen LogP contribution < -0.4 is 10.6 Å². The second-order valence-electron chi connectivity index (χ2n) is 5.48. The highest BCUT2D eigenvalue weighted by atomic mass is 16.2. The van der Waals surface area contributed by atoms with Crippen LogP contribution in [-0.4, -0.2) is 23.5 Å². The van der Waals surface area contributed by atoms with E-state index >= 15 is 0 Å². The van der Waals surface area contributed by atoms with Crippen LogP contribution in [-0.2, 0) is 4.79 Å². The third-order valence-corrected chi connectivity index (χ3v) is 3.46. The van der Waals surface area contributed by atoms with Crippen molar-refractivity contribution in [2.75, 3.05) is 6.54 Å². The standard InChI is InChI=1S/C16H27N3O/c1-7-8-17-16(20)14(6)19-13(5)15-10(2)9-11(3)18-12(15)4/h9,13-14,19H,7-8H2,1-6H3,(H,17,20). The Balaban J connectivity index is 2.76. The molecule has 1 aromatic rings. The minimum Gasteiger partial charge on any atom is -0.355 e. The van der Waals surface area contributed by atoms with Gasteiger partial charge in [-0.25, -0.2) is 0 Å². The van der Waals surface area contributed by atoms with Gasteiger partial charge in [0.25, 0.3) is 0 Å². The summed E-state index contributed by atoms with van der Waals surface area (Å²) in [7, 11) is 0. The third kappa shape index (κ3) is 4.30. The first-order chi connectivity index (χ1) is 9.36. The molecule has 20 heavy (non-hydrogen) atoms. The third-order valence-electron chi connectivity index (χ3n) is 3.46. The van der Waals surface area contributed by atoms with E-state index in [0.29, 0.717) is 0 Å². The van der Waals surface area contributed by atoms with Crippen LogP contribution >= 0.6 is 0 Å². The number of carbonyl (C=O) groups is 1. The lowest BCUT2D eigenvalue weighted by Gasteiger charge is -2.23. The van der Waals surface area contributed by atoms with Crippen LogP contribution in [0, 0.1) is 20.8 Å². The van der Waals surface area contributed by atoms with E-state index in [1.54, 1.807) is 0 Å². The van der Waals surface area contributed by atoms with E-state index in [-0.39, 0.29) is 18.0 Å². The van der Waals surface area contributed by atoms with Crippen molar-refractivity contribution < 1.29 is 4.79 Å². The summed E-state index contributed by atoms with van der Waals surface area (Å²) in [6.45, 7) is 12.9. The fourth-order valence-corrected chi connectivity index (χ4v) is 2.62. The summed E-state index contributed by atoms with van der Waals surface area (Å²) < 4.78 is 0. The van der Waals surface area contributed by atoms with E-state index in [1.165, 1.54) is 11.1 Å². The predicted octanol–water partition coefficient (Wildman–Crippen LogP) is 2.57. The van der Waals surface area contributed by atoms with Crippen molar-refractivity contribution in [3.05, 3.63) is 28.6 Å². The Kier molecular flexibility index (Phi) is 6.14. The van der Waals surface area contributed by atoms with Crippen LogP contribution in [0.4, 0.5) is 0 Å². The van der Waals surface area contributed by atoms with E-state index in [1.807, 2.05) is 27.7 Å². The van der Waals surface area contributed by atoms with Gasteiger partial charge in [0.1, 0.15) is 0 Å². The zero-order valence-electron chi connectivity index (χ0n) is 13.5. The Hall–Kier alpha value is -1.42. The van der Waals surface area contributed by atoms with Crippen molar-refractivity contribution in [3.8, 4) is 0 Å². The molecule has 1 heterocycles. The monoisotopic (exact) mass is 277 g/mol. The largest absolute Gasteiger partial charge is 0.355 e. The molecule has 1 aromatic heterocycles. The molecule has 0 bridgehead atoms. The molecule has 1 rings (SSSR count). The molecule has 0 aliphatic carbocycles. The summed E-state index contributed by atoms with van der Waals surface area (Å²) in [4.78, 5) is 16.4. The first kappa shape index (κ1) is 16.6. The van der Waals surface area contributed by atoms with Crippen molar-refractivity contribution >= 4 is 5.91 Å². The Morgan fingerprint density at radius 3 is 2.50 bits per heavy atom. The van der Waals surface area contributed by atoms with Gasteiger partial charge < -0.3 is 5.32 Å². The number of pyridine rings is 1. The number of rotatable bonds is 6. The highest BCUT2D eigenvalue weighted by Crippen LogP contribution is 2.21. The van der Waals surface area contributed by atoms with Crippen LogP contribution in [0.2, 0.25) is 0 Å². The van der Waals surface area contributed by atoms with E-state index in [9.17, 15) is 4.79 Å². The molecule has 0 aromatic carbocycles. The Morgan fingerprint density at radius 1 is 1.30 bits per heavy atom. The molecular formula is C16H27N3O. The van der Waals surface area contributed by atoms with Gasteiger partial charge in [-0.2, -0.15) is 0 Å². The average molecular weight is 277 g/mol. The molecule has 0 aliphatic rings. The molecule has 112 valence electrons. The maximum Gasteiger partial charge on any atom is 0.236 e. The maximum absolute atomic E-state index is 11.9. The molecule has 4 nitrogen and oxygen atoms in total. The molecule has 2 atom stereocenters. The molecule has 0 spiro atoms. The second kappa shape index (κ2) is 7.39. The van der Waals surface area contributed by atoms with E-state index < -0.39 is 0 Å². The lowest BCUT2D eigenvalue weighted by atomic mass is 10.00. The van der Waals surface area contributed by atoms with Crippen LogP contribution in [0.3, 0.4) is 0 Å². The quantitative estimate of drug-likeness (QED) is 0.840. The normalized spacial score (nSPS) is 13.9. The number of aryl methyl sites for hydroxylation is 3. The second-order valence-corrected chi connectivity index (χ2v) is 5.48. The lowest BCUT2D eigenvalue weighted by Crippen LogP contribution is -2.43.